The number of aromatic nitrogens is 1. The number of benzene rings is 1. The average molecular weight is 337 g/mol. The lowest BCUT2D eigenvalue weighted by Gasteiger charge is -2.13. The quantitative estimate of drug-likeness (QED) is 0.842. The molecule has 2 N–H and O–H groups in total. The van der Waals surface area contributed by atoms with Crippen molar-refractivity contribution >= 4 is 34.8 Å². The molecule has 2 amide bonds. The van der Waals surface area contributed by atoms with Gasteiger partial charge in [0.15, 0.2) is 4.34 Å². The molecule has 7 heteroatoms. The Morgan fingerprint density at radius 1 is 1.41 bits per heavy atom. The summed E-state index contributed by atoms with van der Waals surface area (Å²) in [5.41, 5.74) is 1.79. The number of carbonyl (C=O) groups excluding carboxylic acids is 1. The van der Waals surface area contributed by atoms with Gasteiger partial charge < -0.3 is 15.4 Å². The molecule has 0 saturated carbocycles. The maximum Gasteiger partial charge on any atom is 0.319 e. The Balaban J connectivity index is 1.87. The summed E-state index contributed by atoms with van der Waals surface area (Å²) in [5, 5.41) is 7.63. The van der Waals surface area contributed by atoms with Crippen LogP contribution in [0.1, 0.15) is 12.6 Å². The van der Waals surface area contributed by atoms with E-state index in [4.69, 9.17) is 4.74 Å². The van der Waals surface area contributed by atoms with Gasteiger partial charge in [-0.3, -0.25) is 0 Å². The van der Waals surface area contributed by atoms with Crippen LogP contribution in [0.15, 0.2) is 38.9 Å². The van der Waals surface area contributed by atoms with Crippen LogP contribution in [0.3, 0.4) is 0 Å². The second-order valence-electron chi connectivity index (χ2n) is 4.84. The molecule has 0 saturated heterocycles. The molecule has 1 aromatic carbocycles. The fourth-order valence-corrected chi connectivity index (χ4v) is 3.58. The molecule has 0 radical (unpaired) electrons. The van der Waals surface area contributed by atoms with E-state index in [1.807, 2.05) is 43.5 Å². The van der Waals surface area contributed by atoms with Crippen molar-refractivity contribution in [3.05, 3.63) is 35.3 Å². The molecule has 22 heavy (non-hydrogen) atoms. The Labute approximate surface area is 138 Å². The number of carbonyl (C=O) groups is 1. The summed E-state index contributed by atoms with van der Waals surface area (Å²) in [6, 6.07) is 7.42. The van der Waals surface area contributed by atoms with E-state index in [2.05, 4.69) is 15.6 Å². The predicted molar refractivity (Wildman–Crippen MR) is 90.9 cm³/mol. The highest BCUT2D eigenvalue weighted by molar-refractivity contribution is 8.01. The van der Waals surface area contributed by atoms with E-state index in [1.165, 1.54) is 0 Å². The number of hydrogen-bond donors (Lipinski definition) is 2. The molecule has 0 aliphatic rings. The molecular weight excluding hydrogens is 318 g/mol. The van der Waals surface area contributed by atoms with Crippen molar-refractivity contribution < 1.29 is 9.53 Å². The van der Waals surface area contributed by atoms with Crippen LogP contribution in [0.25, 0.3) is 0 Å². The number of amides is 2. The van der Waals surface area contributed by atoms with E-state index in [0.717, 1.165) is 20.6 Å². The summed E-state index contributed by atoms with van der Waals surface area (Å²) in [6.45, 7) is 4.35. The molecule has 0 bridgehead atoms. The lowest BCUT2D eigenvalue weighted by atomic mass is 10.3. The monoisotopic (exact) mass is 337 g/mol. The number of hydrogen-bond acceptors (Lipinski definition) is 5. The van der Waals surface area contributed by atoms with Crippen LogP contribution in [0, 0.1) is 6.92 Å². The summed E-state index contributed by atoms with van der Waals surface area (Å²) in [4.78, 5) is 17.3. The van der Waals surface area contributed by atoms with E-state index in [-0.39, 0.29) is 12.1 Å². The van der Waals surface area contributed by atoms with E-state index < -0.39 is 0 Å². The van der Waals surface area contributed by atoms with Gasteiger partial charge in [-0.25, -0.2) is 9.78 Å². The molecule has 0 aliphatic carbocycles. The van der Waals surface area contributed by atoms with E-state index >= 15 is 0 Å². The van der Waals surface area contributed by atoms with E-state index in [0.29, 0.717) is 6.61 Å². The Hall–Kier alpha value is -1.57. The minimum Gasteiger partial charge on any atom is -0.383 e. The largest absolute Gasteiger partial charge is 0.383 e. The smallest absolute Gasteiger partial charge is 0.319 e. The predicted octanol–water partition coefficient (Wildman–Crippen LogP) is 3.76. The molecule has 1 aromatic heterocycles. The number of methoxy groups -OCH3 is 1. The van der Waals surface area contributed by atoms with E-state index in [1.54, 1.807) is 30.2 Å². The van der Waals surface area contributed by atoms with Gasteiger partial charge in [0, 0.05) is 28.8 Å². The minimum atomic E-state index is -0.236. The molecule has 1 unspecified atom stereocenters. The van der Waals surface area contributed by atoms with Crippen LogP contribution in [0.2, 0.25) is 0 Å². The van der Waals surface area contributed by atoms with Crippen molar-refractivity contribution in [3.63, 3.8) is 0 Å². The van der Waals surface area contributed by atoms with Crippen molar-refractivity contribution in [2.75, 3.05) is 19.0 Å². The van der Waals surface area contributed by atoms with Gasteiger partial charge in [-0.1, -0.05) is 11.8 Å². The highest BCUT2D eigenvalue weighted by Crippen LogP contribution is 2.30. The number of aryl methyl sites for hydroxylation is 1. The van der Waals surface area contributed by atoms with Crippen LogP contribution in [-0.2, 0) is 4.74 Å². The Kier molecular flexibility index (Phi) is 6.23. The summed E-state index contributed by atoms with van der Waals surface area (Å²) in [7, 11) is 1.61. The second-order valence-corrected chi connectivity index (χ2v) is 7.01. The molecule has 1 atom stereocenters. The number of urea groups is 1. The normalized spacial score (nSPS) is 12.0. The average Bonchev–Trinajstić information content (AvgIpc) is 2.86. The Bertz CT molecular complexity index is 614. The SMILES string of the molecule is COCC(C)NC(=O)Nc1ccc(Sc2nc(C)cs2)cc1. The van der Waals surface area contributed by atoms with Gasteiger partial charge in [-0.2, -0.15) is 0 Å². The number of rotatable bonds is 6. The number of ether oxygens (including phenoxy) is 1. The molecule has 0 spiro atoms. The van der Waals surface area contributed by atoms with Gasteiger partial charge in [-0.15, -0.1) is 11.3 Å². The van der Waals surface area contributed by atoms with E-state index in [9.17, 15) is 4.79 Å². The third-order valence-electron chi connectivity index (χ3n) is 2.71. The number of nitrogens with one attached hydrogen (secondary N) is 2. The third-order valence-corrected chi connectivity index (χ3v) is 4.77. The summed E-state index contributed by atoms with van der Waals surface area (Å²) >= 11 is 3.25. The lowest BCUT2D eigenvalue weighted by molar-refractivity contribution is 0.173. The summed E-state index contributed by atoms with van der Waals surface area (Å²) in [5.74, 6) is 0. The van der Waals surface area contributed by atoms with Gasteiger partial charge in [0.1, 0.15) is 0 Å². The van der Waals surface area contributed by atoms with Crippen molar-refractivity contribution in [2.45, 2.75) is 29.1 Å². The zero-order valence-corrected chi connectivity index (χ0v) is 14.4. The van der Waals surface area contributed by atoms with Crippen molar-refractivity contribution in [3.8, 4) is 0 Å². The van der Waals surface area contributed by atoms with Crippen LogP contribution in [0.5, 0.6) is 0 Å². The highest BCUT2D eigenvalue weighted by atomic mass is 32.2. The van der Waals surface area contributed by atoms with Crippen LogP contribution in [-0.4, -0.2) is 30.8 Å². The number of thiazole rings is 1. The number of anilines is 1. The van der Waals surface area contributed by atoms with Crippen molar-refractivity contribution in [2.24, 2.45) is 0 Å². The zero-order chi connectivity index (χ0) is 15.9. The maximum atomic E-state index is 11.8. The highest BCUT2D eigenvalue weighted by Gasteiger charge is 2.07. The first-order valence-corrected chi connectivity index (χ1v) is 8.53. The molecule has 5 nitrogen and oxygen atoms in total. The third kappa shape index (κ3) is 5.32. The lowest BCUT2D eigenvalue weighted by Crippen LogP contribution is -2.38. The van der Waals surface area contributed by atoms with Crippen LogP contribution in [0.4, 0.5) is 10.5 Å². The zero-order valence-electron chi connectivity index (χ0n) is 12.8. The first-order chi connectivity index (χ1) is 10.6. The van der Waals surface area contributed by atoms with Crippen molar-refractivity contribution in [1.82, 2.24) is 10.3 Å². The first kappa shape index (κ1) is 16.8. The summed E-state index contributed by atoms with van der Waals surface area (Å²) < 4.78 is 6.00. The Morgan fingerprint density at radius 2 is 2.14 bits per heavy atom. The van der Waals surface area contributed by atoms with Crippen LogP contribution >= 0.6 is 23.1 Å². The molecule has 2 aromatic rings. The second kappa shape index (κ2) is 8.17. The van der Waals surface area contributed by atoms with Gasteiger partial charge >= 0.3 is 6.03 Å². The van der Waals surface area contributed by atoms with Crippen molar-refractivity contribution in [1.29, 1.82) is 0 Å². The molecule has 2 rings (SSSR count). The number of nitrogens with zero attached hydrogens (tertiary/aromatic N) is 1. The Morgan fingerprint density at radius 3 is 2.73 bits per heavy atom. The first-order valence-electron chi connectivity index (χ1n) is 6.83. The topological polar surface area (TPSA) is 63.2 Å². The molecule has 0 aliphatic heterocycles. The van der Waals surface area contributed by atoms with Gasteiger partial charge in [0.2, 0.25) is 0 Å². The maximum absolute atomic E-state index is 11.8. The molecular formula is C15H19N3O2S2. The minimum absolute atomic E-state index is 0.0343. The standard InChI is InChI=1S/C15H19N3O2S2/c1-10(8-20-3)16-14(19)18-12-4-6-13(7-5-12)22-15-17-11(2)9-21-15/h4-7,9-10H,8H2,1-3H3,(H2,16,18,19). The molecule has 118 valence electrons. The van der Waals surface area contributed by atoms with Gasteiger partial charge in [0.05, 0.1) is 12.6 Å². The van der Waals surface area contributed by atoms with Crippen LogP contribution < -0.4 is 10.6 Å². The fraction of sp³-hybridized carbons (Fsp3) is 0.333. The molecule has 0 fully saturated rings. The van der Waals surface area contributed by atoms with Gasteiger partial charge in [-0.05, 0) is 38.1 Å². The summed E-state index contributed by atoms with van der Waals surface area (Å²) in [6.07, 6.45) is 0. The molecule has 1 heterocycles. The fourth-order valence-electron chi connectivity index (χ4n) is 1.77. The van der Waals surface area contributed by atoms with Gasteiger partial charge in [0.25, 0.3) is 0 Å².